The van der Waals surface area contributed by atoms with E-state index in [1.165, 1.54) is 24.3 Å². The third-order valence-corrected chi connectivity index (χ3v) is 15.9. The van der Waals surface area contributed by atoms with Gasteiger partial charge in [0.1, 0.15) is 23.0 Å². The smallest absolute Gasteiger partial charge is 0.303 e. The number of phenols is 2. The van der Waals surface area contributed by atoms with Crippen molar-refractivity contribution in [1.82, 2.24) is 0 Å². The van der Waals surface area contributed by atoms with Gasteiger partial charge in [0.2, 0.25) is 4.90 Å². The monoisotopic (exact) mass is 628 g/mol. The Morgan fingerprint density at radius 3 is 1.16 bits per heavy atom. The second-order valence-electron chi connectivity index (χ2n) is 11.1. The van der Waals surface area contributed by atoms with E-state index in [1.54, 1.807) is 60.7 Å². The summed E-state index contributed by atoms with van der Waals surface area (Å²) in [4.78, 5) is -1.99. The lowest BCUT2D eigenvalue weighted by atomic mass is 10.0. The third kappa shape index (κ3) is 3.77. The van der Waals surface area contributed by atoms with Gasteiger partial charge in [-0.25, -0.2) is 0 Å². The molecule has 220 valence electrons. The average Bonchev–Trinajstić information content (AvgIpc) is 3.07. The highest BCUT2D eigenvalue weighted by molar-refractivity contribution is 7.86. The minimum Gasteiger partial charge on any atom is -0.508 e. The van der Waals surface area contributed by atoms with Crippen molar-refractivity contribution < 1.29 is 28.4 Å². The van der Waals surface area contributed by atoms with Crippen molar-refractivity contribution >= 4 is 25.3 Å². The summed E-state index contributed by atoms with van der Waals surface area (Å²) in [7, 11) is -8.81. The van der Waals surface area contributed by atoms with Crippen LogP contribution in [0, 0.1) is 0 Å². The van der Waals surface area contributed by atoms with Gasteiger partial charge in [-0.05, 0) is 70.8 Å². The van der Waals surface area contributed by atoms with Gasteiger partial charge in [-0.15, -0.1) is 0 Å². The molecule has 0 aromatic heterocycles. The quantitative estimate of drug-likeness (QED) is 0.190. The van der Waals surface area contributed by atoms with E-state index < -0.39 is 19.6 Å². The van der Waals surface area contributed by atoms with Crippen LogP contribution >= 0.6 is 14.7 Å². The zero-order chi connectivity index (χ0) is 30.8. The zero-order valence-electron chi connectivity index (χ0n) is 23.8. The van der Waals surface area contributed by atoms with Gasteiger partial charge in [-0.1, -0.05) is 97.1 Å². The summed E-state index contributed by atoms with van der Waals surface area (Å²) in [5.41, 5.74) is 3.64. The molecule has 2 heterocycles. The predicted molar refractivity (Wildman–Crippen MR) is 176 cm³/mol. The lowest BCUT2D eigenvalue weighted by Gasteiger charge is -2.48. The first kappa shape index (κ1) is 27.5. The van der Waals surface area contributed by atoms with Gasteiger partial charge in [0.15, 0.2) is 0 Å². The topological polar surface area (TPSA) is 93.1 Å². The molecule has 2 atom stereocenters. The van der Waals surface area contributed by atoms with Crippen LogP contribution in [0.15, 0.2) is 146 Å². The maximum Gasteiger partial charge on any atom is 0.303 e. The minimum absolute atomic E-state index is 0.0134. The van der Waals surface area contributed by atoms with Crippen LogP contribution in [0.4, 0.5) is 0 Å². The van der Waals surface area contributed by atoms with Crippen molar-refractivity contribution in [3.8, 4) is 45.3 Å². The van der Waals surface area contributed by atoms with E-state index >= 15 is 9.13 Å². The molecule has 0 fully saturated rings. The molecular weight excluding hydrogens is 602 g/mol. The summed E-state index contributed by atoms with van der Waals surface area (Å²) in [6, 6.07) is 41.8. The number of benzene rings is 6. The molecule has 6 aromatic rings. The van der Waals surface area contributed by atoms with Crippen molar-refractivity contribution in [2.45, 2.75) is 4.90 Å². The normalized spacial score (nSPS) is 19.6. The van der Waals surface area contributed by atoms with Crippen LogP contribution in [-0.4, -0.2) is 10.2 Å². The van der Waals surface area contributed by atoms with E-state index in [-0.39, 0.29) is 11.5 Å². The van der Waals surface area contributed by atoms with Crippen molar-refractivity contribution in [1.29, 1.82) is 0 Å². The molecular formula is C37H26O6P2. The molecule has 6 nitrogen and oxygen atoms in total. The number of fused-ring (bicyclic) bond motifs is 6. The van der Waals surface area contributed by atoms with Crippen LogP contribution in [0.1, 0.15) is 11.1 Å². The molecule has 45 heavy (non-hydrogen) atoms. The lowest BCUT2D eigenvalue weighted by molar-refractivity contribution is 0.447. The van der Waals surface area contributed by atoms with Crippen molar-refractivity contribution in [3.63, 3.8) is 0 Å². The van der Waals surface area contributed by atoms with Crippen LogP contribution in [-0.2, 0) is 14.0 Å². The molecule has 8 heteroatoms. The second-order valence-corrected chi connectivity index (χ2v) is 16.3. The number of rotatable bonds is 4. The van der Waals surface area contributed by atoms with Crippen molar-refractivity contribution in [2.75, 3.05) is 0 Å². The number of aromatic hydroxyl groups is 2. The van der Waals surface area contributed by atoms with Gasteiger partial charge in [0.25, 0.3) is 0 Å². The first-order valence-electron chi connectivity index (χ1n) is 14.4. The standard InChI is InChI=1S/C37H26O6P2/c38-27-21-17-25(18-22-27)37(26-19-23-28(39)24-20-26,44(40)35-15-7-3-11-31(35)29-9-1-5-13-33(29)42-44)45(41)36-16-8-4-12-32(36)30-10-2-6-14-34(30)43-45/h1-24,38-39H. The molecule has 0 aliphatic carbocycles. The van der Waals surface area contributed by atoms with Crippen molar-refractivity contribution in [2.24, 2.45) is 0 Å². The van der Waals surface area contributed by atoms with E-state index in [1.807, 2.05) is 60.7 Å². The molecule has 0 amide bonds. The van der Waals surface area contributed by atoms with E-state index in [4.69, 9.17) is 9.05 Å². The molecule has 0 saturated carbocycles. The number of hydrogen-bond acceptors (Lipinski definition) is 6. The van der Waals surface area contributed by atoms with Gasteiger partial charge < -0.3 is 19.3 Å². The number of phenolic OH excluding ortho intramolecular Hbond substituents is 2. The molecule has 0 saturated heterocycles. The van der Waals surface area contributed by atoms with Crippen LogP contribution in [0.3, 0.4) is 0 Å². The maximum atomic E-state index is 16.6. The Hall–Kier alpha value is -5.02. The van der Waals surface area contributed by atoms with E-state index in [0.29, 0.717) is 44.4 Å². The Labute approximate surface area is 260 Å². The van der Waals surface area contributed by atoms with Crippen LogP contribution in [0.25, 0.3) is 22.3 Å². The fourth-order valence-electron chi connectivity index (χ4n) is 6.72. The van der Waals surface area contributed by atoms with E-state index in [2.05, 4.69) is 0 Å². The molecule has 8 rings (SSSR count). The molecule has 0 radical (unpaired) electrons. The Morgan fingerprint density at radius 1 is 0.422 bits per heavy atom. The maximum absolute atomic E-state index is 16.6. The highest BCUT2D eigenvalue weighted by atomic mass is 31.2. The summed E-state index contributed by atoms with van der Waals surface area (Å²) in [6.45, 7) is 0. The molecule has 2 aliphatic heterocycles. The predicted octanol–water partition coefficient (Wildman–Crippen LogP) is 8.62. The van der Waals surface area contributed by atoms with Crippen molar-refractivity contribution in [3.05, 3.63) is 157 Å². The molecule has 2 N–H and O–H groups in total. The first-order valence-corrected chi connectivity index (χ1v) is 17.7. The van der Waals surface area contributed by atoms with Gasteiger partial charge in [-0.2, -0.15) is 0 Å². The average molecular weight is 629 g/mol. The molecule has 0 spiro atoms. The molecule has 2 aliphatic rings. The fourth-order valence-corrected chi connectivity index (χ4v) is 14.6. The van der Waals surface area contributed by atoms with Crippen LogP contribution in [0.5, 0.6) is 23.0 Å². The largest absolute Gasteiger partial charge is 0.508 e. The highest BCUT2D eigenvalue weighted by Crippen LogP contribution is 2.84. The number of para-hydroxylation sites is 2. The summed E-state index contributed by atoms with van der Waals surface area (Å²) in [5, 5.41) is 21.6. The summed E-state index contributed by atoms with van der Waals surface area (Å²) >= 11 is 0. The van der Waals surface area contributed by atoms with Gasteiger partial charge in [0.05, 0.1) is 10.6 Å². The number of hydrogen-bond donors (Lipinski definition) is 2. The Kier molecular flexibility index (Phi) is 6.12. The first-order chi connectivity index (χ1) is 21.9. The van der Waals surface area contributed by atoms with Crippen LogP contribution < -0.4 is 19.7 Å². The Bertz CT molecular complexity index is 2050. The third-order valence-electron chi connectivity index (χ3n) is 8.64. The highest BCUT2D eigenvalue weighted by Gasteiger charge is 2.70. The van der Waals surface area contributed by atoms with Gasteiger partial charge in [-0.3, -0.25) is 9.13 Å². The Morgan fingerprint density at radius 2 is 0.756 bits per heavy atom. The van der Waals surface area contributed by atoms with E-state index in [0.717, 1.165) is 11.1 Å². The SMILES string of the molecule is O=P1(C(c2ccc(O)cc2)(c2ccc(O)cc2)P2(=O)Oc3ccccc3-c3ccccc32)Oc2ccccc2-c2ccccc21. The summed E-state index contributed by atoms with van der Waals surface area (Å²) in [5.74, 6) is 0.749. The van der Waals surface area contributed by atoms with Crippen LogP contribution in [0.2, 0.25) is 0 Å². The molecule has 2 unspecified atom stereocenters. The zero-order valence-corrected chi connectivity index (χ0v) is 25.6. The molecule has 6 aromatic carbocycles. The summed E-state index contributed by atoms with van der Waals surface area (Å²) in [6.07, 6.45) is 0. The summed E-state index contributed by atoms with van der Waals surface area (Å²) < 4.78 is 46.8. The minimum atomic E-state index is -4.40. The lowest BCUT2D eigenvalue weighted by Crippen LogP contribution is -2.42. The van der Waals surface area contributed by atoms with Gasteiger partial charge >= 0.3 is 14.7 Å². The fraction of sp³-hybridized carbons (Fsp3) is 0.0270. The van der Waals surface area contributed by atoms with Gasteiger partial charge in [0, 0.05) is 11.1 Å². The molecule has 0 bridgehead atoms. The van der Waals surface area contributed by atoms with E-state index in [9.17, 15) is 10.2 Å². The Balaban J connectivity index is 1.58. The second kappa shape index (κ2) is 10.0.